The molecule has 1 amide bonds. The number of amides is 1. The summed E-state index contributed by atoms with van der Waals surface area (Å²) in [6, 6.07) is 11.3. The Labute approximate surface area is 150 Å². The zero-order valence-electron chi connectivity index (χ0n) is 14.7. The first-order chi connectivity index (χ1) is 12.6. The molecule has 1 fully saturated rings. The van der Waals surface area contributed by atoms with Crippen LogP contribution in [0.4, 0.5) is 0 Å². The number of carbonyl (C=O) groups is 1. The number of ether oxygens (including phenoxy) is 1. The molecule has 0 spiro atoms. The summed E-state index contributed by atoms with van der Waals surface area (Å²) in [5, 5.41) is 3.11. The molecule has 7 nitrogen and oxygen atoms in total. The van der Waals surface area contributed by atoms with Crippen molar-refractivity contribution in [3.8, 4) is 11.1 Å². The highest BCUT2D eigenvalue weighted by Crippen LogP contribution is 2.30. The van der Waals surface area contributed by atoms with Crippen molar-refractivity contribution in [2.75, 3.05) is 20.7 Å². The number of likely N-dealkylation sites (tertiary alicyclic amines) is 1. The van der Waals surface area contributed by atoms with Gasteiger partial charge in [-0.25, -0.2) is 9.50 Å². The summed E-state index contributed by atoms with van der Waals surface area (Å²) in [6.07, 6.45) is 0.384. The van der Waals surface area contributed by atoms with E-state index >= 15 is 0 Å². The predicted molar refractivity (Wildman–Crippen MR) is 97.0 cm³/mol. The van der Waals surface area contributed by atoms with E-state index in [4.69, 9.17) is 9.72 Å². The molecule has 0 saturated carbocycles. The summed E-state index contributed by atoms with van der Waals surface area (Å²) < 4.78 is 6.74. The Bertz CT molecular complexity index is 1020. The van der Waals surface area contributed by atoms with Gasteiger partial charge in [-0.3, -0.25) is 14.7 Å². The van der Waals surface area contributed by atoms with E-state index in [-0.39, 0.29) is 17.4 Å². The SMILES string of the molecule is COCc1[nH]n2c(=O)cc([C@H]3CC(=O)N(C)C3)nc2c1-c1ccccc1. The Hall–Kier alpha value is -2.93. The normalized spacial score (nSPS) is 17.4. The van der Waals surface area contributed by atoms with Crippen molar-refractivity contribution in [2.24, 2.45) is 0 Å². The van der Waals surface area contributed by atoms with Crippen molar-refractivity contribution in [3.63, 3.8) is 0 Å². The number of nitrogens with zero attached hydrogens (tertiary/aromatic N) is 3. The monoisotopic (exact) mass is 352 g/mol. The molecule has 3 heterocycles. The zero-order valence-corrected chi connectivity index (χ0v) is 14.7. The molecule has 7 heteroatoms. The molecule has 1 atom stereocenters. The largest absolute Gasteiger partial charge is 0.378 e. The van der Waals surface area contributed by atoms with E-state index in [1.807, 2.05) is 30.3 Å². The summed E-state index contributed by atoms with van der Waals surface area (Å²) >= 11 is 0. The Morgan fingerprint density at radius 2 is 2.04 bits per heavy atom. The molecule has 1 aliphatic rings. The first kappa shape index (κ1) is 16.5. The average molecular weight is 352 g/mol. The fourth-order valence-electron chi connectivity index (χ4n) is 3.53. The third kappa shape index (κ3) is 2.70. The Balaban J connectivity index is 1.92. The molecular formula is C19H20N4O3. The molecule has 26 heavy (non-hydrogen) atoms. The van der Waals surface area contributed by atoms with E-state index < -0.39 is 0 Å². The van der Waals surface area contributed by atoms with Crippen LogP contribution in [0.25, 0.3) is 16.8 Å². The van der Waals surface area contributed by atoms with Gasteiger partial charge in [0, 0.05) is 44.7 Å². The van der Waals surface area contributed by atoms with Crippen LogP contribution >= 0.6 is 0 Å². The van der Waals surface area contributed by atoms with Gasteiger partial charge in [-0.1, -0.05) is 30.3 Å². The van der Waals surface area contributed by atoms with E-state index in [9.17, 15) is 9.59 Å². The number of benzene rings is 1. The standard InChI is InChI=1S/C19H20N4O3/c1-22-10-13(8-16(22)24)14-9-17(25)23-19(20-14)18(15(21-23)11-26-2)12-6-4-3-5-7-12/h3-7,9,13,21H,8,10-11H2,1-2H3/t13-/m0/s1. The Kier molecular flexibility index (Phi) is 4.08. The van der Waals surface area contributed by atoms with Crippen molar-refractivity contribution >= 4 is 11.6 Å². The van der Waals surface area contributed by atoms with Crippen LogP contribution in [-0.4, -0.2) is 46.1 Å². The minimum absolute atomic E-state index is 0.0606. The Morgan fingerprint density at radius 1 is 1.27 bits per heavy atom. The maximum absolute atomic E-state index is 12.7. The number of likely N-dealkylation sites (N-methyl/N-ethyl adjacent to an activating group) is 1. The maximum atomic E-state index is 12.7. The van der Waals surface area contributed by atoms with Crippen LogP contribution in [0.15, 0.2) is 41.2 Å². The van der Waals surface area contributed by atoms with E-state index in [1.165, 1.54) is 10.6 Å². The summed E-state index contributed by atoms with van der Waals surface area (Å²) in [5.74, 6) is 0.0176. The van der Waals surface area contributed by atoms with Crippen LogP contribution in [0.1, 0.15) is 23.7 Å². The molecule has 1 aromatic carbocycles. The van der Waals surface area contributed by atoms with Crippen molar-refractivity contribution in [1.82, 2.24) is 19.5 Å². The first-order valence-corrected chi connectivity index (χ1v) is 8.51. The van der Waals surface area contributed by atoms with Crippen LogP contribution in [0.3, 0.4) is 0 Å². The van der Waals surface area contributed by atoms with Gasteiger partial charge in [0.15, 0.2) is 5.65 Å². The molecule has 0 radical (unpaired) electrons. The van der Waals surface area contributed by atoms with Crippen LogP contribution in [-0.2, 0) is 16.1 Å². The lowest BCUT2D eigenvalue weighted by molar-refractivity contribution is -0.126. The van der Waals surface area contributed by atoms with Crippen LogP contribution in [0, 0.1) is 0 Å². The minimum atomic E-state index is -0.188. The van der Waals surface area contributed by atoms with Gasteiger partial charge >= 0.3 is 0 Å². The van der Waals surface area contributed by atoms with Crippen LogP contribution < -0.4 is 5.56 Å². The molecule has 3 aromatic rings. The van der Waals surface area contributed by atoms with E-state index in [0.717, 1.165) is 16.8 Å². The lowest BCUT2D eigenvalue weighted by atomic mass is 10.0. The molecular weight excluding hydrogens is 332 g/mol. The number of H-pyrrole nitrogens is 1. The molecule has 4 rings (SSSR count). The van der Waals surface area contributed by atoms with Gasteiger partial charge in [0.1, 0.15) is 0 Å². The number of carbonyl (C=O) groups excluding carboxylic acids is 1. The third-order valence-electron chi connectivity index (χ3n) is 4.82. The van der Waals surface area contributed by atoms with Crippen molar-refractivity contribution < 1.29 is 9.53 Å². The number of hydrogen-bond acceptors (Lipinski definition) is 4. The van der Waals surface area contributed by atoms with Crippen LogP contribution in [0.5, 0.6) is 0 Å². The van der Waals surface area contributed by atoms with Crippen LogP contribution in [0.2, 0.25) is 0 Å². The lowest BCUT2D eigenvalue weighted by Gasteiger charge is -2.10. The van der Waals surface area contributed by atoms with E-state index in [2.05, 4.69) is 5.10 Å². The number of aromatic nitrogens is 3. The van der Waals surface area contributed by atoms with Gasteiger partial charge < -0.3 is 9.64 Å². The van der Waals surface area contributed by atoms with Gasteiger partial charge in [0.05, 0.1) is 18.0 Å². The first-order valence-electron chi connectivity index (χ1n) is 8.51. The van der Waals surface area contributed by atoms with Gasteiger partial charge in [0.2, 0.25) is 5.91 Å². The molecule has 0 bridgehead atoms. The second kappa shape index (κ2) is 6.42. The summed E-state index contributed by atoms with van der Waals surface area (Å²) in [5.41, 5.74) is 3.64. The number of fused-ring (bicyclic) bond motifs is 1. The number of nitrogens with one attached hydrogen (secondary N) is 1. The molecule has 2 aromatic heterocycles. The summed E-state index contributed by atoms with van der Waals surface area (Å²) in [6.45, 7) is 0.921. The zero-order chi connectivity index (χ0) is 18.3. The van der Waals surface area contributed by atoms with E-state index in [0.29, 0.717) is 30.9 Å². The average Bonchev–Trinajstić information content (AvgIpc) is 3.16. The highest BCUT2D eigenvalue weighted by molar-refractivity contribution is 5.81. The number of aromatic amines is 1. The van der Waals surface area contributed by atoms with Gasteiger partial charge in [-0.2, -0.15) is 0 Å². The molecule has 0 aliphatic carbocycles. The second-order valence-electron chi connectivity index (χ2n) is 6.62. The highest BCUT2D eigenvalue weighted by Gasteiger charge is 2.30. The molecule has 134 valence electrons. The summed E-state index contributed by atoms with van der Waals surface area (Å²) in [7, 11) is 3.39. The number of methoxy groups -OCH3 is 1. The minimum Gasteiger partial charge on any atom is -0.378 e. The quantitative estimate of drug-likeness (QED) is 0.776. The van der Waals surface area contributed by atoms with Crippen molar-refractivity contribution in [3.05, 3.63) is 58.1 Å². The number of hydrogen-bond donors (Lipinski definition) is 1. The fraction of sp³-hybridized carbons (Fsp3) is 0.316. The van der Waals surface area contributed by atoms with E-state index in [1.54, 1.807) is 19.1 Å². The molecule has 1 saturated heterocycles. The fourth-order valence-corrected chi connectivity index (χ4v) is 3.53. The lowest BCUT2D eigenvalue weighted by Crippen LogP contribution is -2.20. The second-order valence-corrected chi connectivity index (χ2v) is 6.62. The third-order valence-corrected chi connectivity index (χ3v) is 4.82. The molecule has 1 aliphatic heterocycles. The summed E-state index contributed by atoms with van der Waals surface area (Å²) in [4.78, 5) is 31.0. The maximum Gasteiger partial charge on any atom is 0.272 e. The van der Waals surface area contributed by atoms with Gasteiger partial charge in [-0.15, -0.1) is 0 Å². The Morgan fingerprint density at radius 3 is 2.69 bits per heavy atom. The highest BCUT2D eigenvalue weighted by atomic mass is 16.5. The van der Waals surface area contributed by atoms with Crippen molar-refractivity contribution in [1.29, 1.82) is 0 Å². The molecule has 1 N–H and O–H groups in total. The number of rotatable bonds is 4. The predicted octanol–water partition coefficient (Wildman–Crippen LogP) is 1.78. The van der Waals surface area contributed by atoms with Gasteiger partial charge in [-0.05, 0) is 5.56 Å². The topological polar surface area (TPSA) is 79.7 Å². The van der Waals surface area contributed by atoms with Gasteiger partial charge in [0.25, 0.3) is 5.56 Å². The van der Waals surface area contributed by atoms with Crippen molar-refractivity contribution in [2.45, 2.75) is 18.9 Å². The smallest absolute Gasteiger partial charge is 0.272 e. The molecule has 0 unspecified atom stereocenters.